The molecule has 7 rings (SSSR count). The predicted molar refractivity (Wildman–Crippen MR) is 171 cm³/mol. The molecule has 4 aromatic rings. The lowest BCUT2D eigenvalue weighted by atomic mass is 9.98. The molecule has 1 unspecified atom stereocenters. The van der Waals surface area contributed by atoms with Crippen LogP contribution in [0.15, 0.2) is 54.7 Å². The van der Waals surface area contributed by atoms with Gasteiger partial charge in [0.15, 0.2) is 23.2 Å². The van der Waals surface area contributed by atoms with Gasteiger partial charge in [-0.15, -0.1) is 0 Å². The molecule has 3 aliphatic heterocycles. The second-order valence-electron chi connectivity index (χ2n) is 12.2. The van der Waals surface area contributed by atoms with Crippen molar-refractivity contribution in [1.82, 2.24) is 25.1 Å². The molecule has 1 saturated heterocycles. The Balaban J connectivity index is 1.10. The number of nitrogens with one attached hydrogen (secondary N) is 2. The van der Waals surface area contributed by atoms with Gasteiger partial charge in [0.1, 0.15) is 12.4 Å². The van der Waals surface area contributed by atoms with Crippen molar-refractivity contribution in [2.45, 2.75) is 37.4 Å². The molecule has 2 aromatic carbocycles. The third-order valence-corrected chi connectivity index (χ3v) is 9.15. The molecule has 11 nitrogen and oxygen atoms in total. The van der Waals surface area contributed by atoms with E-state index in [1.54, 1.807) is 17.0 Å². The van der Waals surface area contributed by atoms with Gasteiger partial charge in [-0.2, -0.15) is 18.3 Å². The number of carbonyl (C=O) groups is 1. The number of fused-ring (bicyclic) bond motifs is 1. The third kappa shape index (κ3) is 6.57. The third-order valence-electron chi connectivity index (χ3n) is 8.92. The van der Waals surface area contributed by atoms with Crippen LogP contribution in [0.2, 0.25) is 5.02 Å². The van der Waals surface area contributed by atoms with E-state index >= 15 is 0 Å². The maximum Gasteiger partial charge on any atom is 0.451 e. The molecule has 262 valence electrons. The van der Waals surface area contributed by atoms with Crippen LogP contribution in [0.4, 0.5) is 33.5 Å². The van der Waals surface area contributed by atoms with Crippen molar-refractivity contribution in [2.75, 3.05) is 43.0 Å². The van der Waals surface area contributed by atoms with Crippen molar-refractivity contribution < 1.29 is 41.3 Å². The number of carboxylic acids is 1. The number of aromatic nitrogens is 4. The molecule has 3 N–H and O–H groups in total. The van der Waals surface area contributed by atoms with E-state index in [1.807, 2.05) is 16.1 Å². The number of carboxylic acid groups (broad SMARTS) is 1. The van der Waals surface area contributed by atoms with E-state index in [0.29, 0.717) is 43.2 Å². The van der Waals surface area contributed by atoms with E-state index in [0.717, 1.165) is 18.1 Å². The zero-order valence-electron chi connectivity index (χ0n) is 26.1. The molecule has 2 atom stereocenters. The molecule has 3 aliphatic rings. The molecule has 1 fully saturated rings. The van der Waals surface area contributed by atoms with E-state index in [4.69, 9.17) is 21.1 Å². The van der Waals surface area contributed by atoms with Crippen molar-refractivity contribution in [3.05, 3.63) is 88.3 Å². The first-order chi connectivity index (χ1) is 23.9. The van der Waals surface area contributed by atoms with Gasteiger partial charge in [-0.05, 0) is 54.3 Å². The lowest BCUT2D eigenvalue weighted by molar-refractivity contribution is -0.145. The summed E-state index contributed by atoms with van der Waals surface area (Å²) < 4.78 is 79.5. The highest BCUT2D eigenvalue weighted by Gasteiger charge is 2.53. The summed E-state index contributed by atoms with van der Waals surface area (Å²) in [6, 6.07) is 10.1. The summed E-state index contributed by atoms with van der Waals surface area (Å²) >= 11 is 5.82. The second kappa shape index (κ2) is 13.2. The van der Waals surface area contributed by atoms with Crippen molar-refractivity contribution in [2.24, 2.45) is 0 Å². The Morgan fingerprint density at radius 1 is 1.14 bits per heavy atom. The monoisotopic (exact) mass is 717 g/mol. The smallest absolute Gasteiger partial charge is 0.451 e. The summed E-state index contributed by atoms with van der Waals surface area (Å²) in [5.41, 5.74) is 0.593. The number of hydrogen-bond acceptors (Lipinski definition) is 9. The van der Waals surface area contributed by atoms with Crippen molar-refractivity contribution >= 4 is 34.6 Å². The number of H-pyrrole nitrogens is 1. The molecular formula is C33H29ClF5N7O4. The minimum atomic E-state index is -4.72. The molecule has 5 heterocycles. The molecule has 0 amide bonds. The summed E-state index contributed by atoms with van der Waals surface area (Å²) in [5, 5.41) is 19.6. The molecule has 0 spiro atoms. The van der Waals surface area contributed by atoms with Gasteiger partial charge in [-0.25, -0.2) is 23.5 Å². The van der Waals surface area contributed by atoms with Gasteiger partial charge in [0.05, 0.1) is 18.3 Å². The fourth-order valence-electron chi connectivity index (χ4n) is 6.16. The number of benzene rings is 2. The topological polar surface area (TPSA) is 129 Å². The summed E-state index contributed by atoms with van der Waals surface area (Å²) in [5.74, 6) is -3.58. The lowest BCUT2D eigenvalue weighted by Gasteiger charge is -2.42. The minimum Gasteiger partial charge on any atom is -0.486 e. The van der Waals surface area contributed by atoms with Crippen molar-refractivity contribution in [1.29, 1.82) is 0 Å². The van der Waals surface area contributed by atoms with Gasteiger partial charge in [0, 0.05) is 48.6 Å². The van der Waals surface area contributed by atoms with Crippen LogP contribution in [-0.2, 0) is 22.3 Å². The normalized spacial score (nSPS) is 20.6. The average molecular weight is 718 g/mol. The number of aliphatic carboxylic acids is 1. The van der Waals surface area contributed by atoms with Crippen molar-refractivity contribution in [3.63, 3.8) is 0 Å². The molecule has 0 bridgehead atoms. The molecule has 0 radical (unpaired) electrons. The average Bonchev–Trinajstić information content (AvgIpc) is 3.67. The zero-order valence-corrected chi connectivity index (χ0v) is 26.9. The minimum absolute atomic E-state index is 0.00778. The Hall–Kier alpha value is -4.80. The SMILES string of the molecule is O=C(O)[C@@]1(CN2CC=C(c3ccc(F)c(OCc4ccc(Cl)cc4F)c3)CC2)Nc2cc(-c3n[nH]c(C(F)(F)F)n3)cnc2N1CC1CCO1. The van der Waals surface area contributed by atoms with Gasteiger partial charge in [-0.3, -0.25) is 10.00 Å². The number of ether oxygens (including phenoxy) is 2. The zero-order chi connectivity index (χ0) is 35.2. The fraction of sp³-hybridized carbons (Fsp3) is 0.333. The fourth-order valence-corrected chi connectivity index (χ4v) is 6.32. The highest BCUT2D eigenvalue weighted by molar-refractivity contribution is 6.30. The van der Waals surface area contributed by atoms with Gasteiger partial charge >= 0.3 is 12.1 Å². The molecule has 50 heavy (non-hydrogen) atoms. The number of nitrogens with zero attached hydrogens (tertiary/aromatic N) is 5. The highest BCUT2D eigenvalue weighted by atomic mass is 35.5. The van der Waals surface area contributed by atoms with E-state index < -0.39 is 35.3 Å². The van der Waals surface area contributed by atoms with Crippen LogP contribution in [0.1, 0.15) is 29.8 Å². The largest absolute Gasteiger partial charge is 0.486 e. The maximum atomic E-state index is 14.6. The Bertz CT molecular complexity index is 1970. The molecule has 0 saturated carbocycles. The molecule has 2 aromatic heterocycles. The van der Waals surface area contributed by atoms with Gasteiger partial charge < -0.3 is 24.8 Å². The van der Waals surface area contributed by atoms with Crippen LogP contribution in [0, 0.1) is 11.6 Å². The summed E-state index contributed by atoms with van der Waals surface area (Å²) in [6.45, 7) is 1.38. The first-order valence-electron chi connectivity index (χ1n) is 15.6. The summed E-state index contributed by atoms with van der Waals surface area (Å²) in [4.78, 5) is 24.7. The summed E-state index contributed by atoms with van der Waals surface area (Å²) in [7, 11) is 0. The summed E-state index contributed by atoms with van der Waals surface area (Å²) in [6.07, 6.45) is -0.498. The Labute approximate surface area is 286 Å². The van der Waals surface area contributed by atoms with Gasteiger partial charge in [0.25, 0.3) is 0 Å². The first-order valence-corrected chi connectivity index (χ1v) is 16.0. The standard InChI is InChI=1S/C33H29ClF5N7O4/c34-22-3-1-20(25(36)13-22)16-50-27-12-19(2-4-24(27)35)18-5-8-45(9-6-18)17-32(31(47)48)42-26-11-21(28-41-30(44-43-28)33(37,38)39)14-40-29(26)46(32)15-23-7-10-49-23/h1-5,11-14,23,42H,6-10,15-17H2,(H,47,48)(H,41,43,44)/t23?,32-/m0/s1. The number of anilines is 2. The van der Waals surface area contributed by atoms with Crippen molar-refractivity contribution in [3.8, 4) is 17.1 Å². The number of halogens is 6. The maximum absolute atomic E-state index is 14.6. The predicted octanol–water partition coefficient (Wildman–Crippen LogP) is 5.99. The van der Waals surface area contributed by atoms with Crippen LogP contribution in [0.25, 0.3) is 17.0 Å². The number of rotatable bonds is 10. The Morgan fingerprint density at radius 2 is 1.96 bits per heavy atom. The Kier molecular flexibility index (Phi) is 8.86. The lowest BCUT2D eigenvalue weighted by Crippen LogP contribution is -2.65. The number of pyridine rings is 1. The quantitative estimate of drug-likeness (QED) is 0.169. The van der Waals surface area contributed by atoms with Crippen LogP contribution in [0.5, 0.6) is 5.75 Å². The van der Waals surface area contributed by atoms with Gasteiger partial charge in [-0.1, -0.05) is 29.8 Å². The number of alkyl halides is 3. The van der Waals surface area contributed by atoms with Gasteiger partial charge in [0.2, 0.25) is 11.5 Å². The Morgan fingerprint density at radius 3 is 2.62 bits per heavy atom. The molecule has 17 heteroatoms. The molecular weight excluding hydrogens is 689 g/mol. The van der Waals surface area contributed by atoms with Crippen LogP contribution < -0.4 is 15.0 Å². The molecule has 0 aliphatic carbocycles. The first kappa shape index (κ1) is 33.7. The van der Waals surface area contributed by atoms with Crippen LogP contribution in [0.3, 0.4) is 0 Å². The van der Waals surface area contributed by atoms with E-state index in [9.17, 15) is 31.9 Å². The van der Waals surface area contributed by atoms with Crippen LogP contribution >= 0.6 is 11.6 Å². The second-order valence-corrected chi connectivity index (χ2v) is 12.6. The highest BCUT2D eigenvalue weighted by Crippen LogP contribution is 2.42. The number of hydrogen-bond donors (Lipinski definition) is 3. The number of aromatic amines is 1. The van der Waals surface area contributed by atoms with E-state index in [2.05, 4.69) is 20.4 Å². The van der Waals surface area contributed by atoms with E-state index in [1.165, 1.54) is 30.5 Å². The van der Waals surface area contributed by atoms with E-state index in [-0.39, 0.29) is 53.5 Å². The van der Waals surface area contributed by atoms with Crippen LogP contribution in [-0.4, -0.2) is 80.7 Å².